The predicted molar refractivity (Wildman–Crippen MR) is 65.2 cm³/mol. The van der Waals surface area contributed by atoms with Gasteiger partial charge in [-0.2, -0.15) is 0 Å². The molecule has 1 aromatic carbocycles. The van der Waals surface area contributed by atoms with Gasteiger partial charge < -0.3 is 15.8 Å². The van der Waals surface area contributed by atoms with E-state index in [1.165, 1.54) is 0 Å². The van der Waals surface area contributed by atoms with Crippen LogP contribution in [0.3, 0.4) is 0 Å². The third-order valence-corrected chi connectivity index (χ3v) is 2.61. The van der Waals surface area contributed by atoms with E-state index in [4.69, 9.17) is 10.8 Å². The summed E-state index contributed by atoms with van der Waals surface area (Å²) in [6.07, 6.45) is 0.259. The summed E-state index contributed by atoms with van der Waals surface area (Å²) in [6, 6.07) is 6.55. The largest absolute Gasteiger partial charge is 0.547 e. The number of carbonyl (C=O) groups excluding carboxylic acids is 1. The van der Waals surface area contributed by atoms with E-state index in [0.717, 1.165) is 16.5 Å². The van der Waals surface area contributed by atoms with Gasteiger partial charge in [0, 0.05) is 23.5 Å². The summed E-state index contributed by atoms with van der Waals surface area (Å²) in [5, 5.41) is 9.15. The van der Waals surface area contributed by atoms with E-state index in [-0.39, 0.29) is 6.42 Å². The van der Waals surface area contributed by atoms with Crippen LogP contribution >= 0.6 is 0 Å². The van der Waals surface area contributed by atoms with Crippen molar-refractivity contribution in [2.75, 3.05) is 0 Å². The fourth-order valence-corrected chi connectivity index (χ4v) is 1.76. The van der Waals surface area contributed by atoms with Gasteiger partial charge in [0.2, 0.25) is 0 Å². The molecule has 1 unspecified atom stereocenters. The molecule has 7 heteroatoms. The second kappa shape index (κ2) is 5.40. The molecule has 1 aromatic heterocycles. The average Bonchev–Trinajstić information content (AvgIpc) is 2.79. The van der Waals surface area contributed by atoms with Gasteiger partial charge in [0.1, 0.15) is 6.04 Å². The number of aromatic nitrogens is 1. The van der Waals surface area contributed by atoms with Gasteiger partial charge in [-0.1, -0.05) is 18.2 Å². The number of hydrogen-bond acceptors (Lipinski definition) is 5. The summed E-state index contributed by atoms with van der Waals surface area (Å²) in [7, 11) is 0. The van der Waals surface area contributed by atoms with Gasteiger partial charge in [-0.05, 0) is 11.6 Å². The molecule has 1 heterocycles. The molecule has 19 heavy (non-hydrogen) atoms. The zero-order valence-corrected chi connectivity index (χ0v) is 9.83. The quantitative estimate of drug-likeness (QED) is 0.566. The van der Waals surface area contributed by atoms with Crippen LogP contribution in [0.15, 0.2) is 30.5 Å². The number of para-hydroxylation sites is 1. The number of hydrogen-bond donors (Lipinski definition) is 3. The fourth-order valence-electron chi connectivity index (χ4n) is 1.76. The highest BCUT2D eigenvalue weighted by molar-refractivity contribution is 5.84. The van der Waals surface area contributed by atoms with Crippen molar-refractivity contribution < 1.29 is 24.5 Å². The summed E-state index contributed by atoms with van der Waals surface area (Å²) in [6.45, 7) is 0. The molecule has 1 atom stereocenters. The topological polar surface area (TPSA) is 115 Å². The minimum absolute atomic E-state index is 0.214. The van der Waals surface area contributed by atoms with Crippen LogP contribution in [-0.4, -0.2) is 28.3 Å². The molecular weight excluding hydrogens is 252 g/mol. The van der Waals surface area contributed by atoms with Crippen LogP contribution in [0.5, 0.6) is 0 Å². The zero-order valence-electron chi connectivity index (χ0n) is 9.83. The molecule has 2 rings (SSSR count). The summed E-state index contributed by atoms with van der Waals surface area (Å²) >= 11 is 0. The molecule has 0 spiro atoms. The lowest BCUT2D eigenvalue weighted by molar-refractivity contribution is -0.242. The fraction of sp³-hybridized carbons (Fsp3) is 0.167. The second-order valence-corrected chi connectivity index (χ2v) is 3.92. The summed E-state index contributed by atoms with van der Waals surface area (Å²) in [5.41, 5.74) is 7.40. The molecule has 0 amide bonds. The van der Waals surface area contributed by atoms with Gasteiger partial charge in [-0.3, -0.25) is 0 Å². The molecule has 0 bridgehead atoms. The molecule has 7 nitrogen and oxygen atoms in total. The van der Waals surface area contributed by atoms with E-state index in [1.807, 2.05) is 24.3 Å². The third-order valence-electron chi connectivity index (χ3n) is 2.61. The van der Waals surface area contributed by atoms with Crippen molar-refractivity contribution in [1.82, 2.24) is 4.98 Å². The average molecular weight is 264 g/mol. The Morgan fingerprint density at radius 2 is 2.05 bits per heavy atom. The Kier molecular flexibility index (Phi) is 3.67. The normalized spacial score (nSPS) is 12.1. The molecule has 100 valence electrons. The van der Waals surface area contributed by atoms with Crippen LogP contribution in [0.2, 0.25) is 0 Å². The Bertz CT molecular complexity index is 607. The predicted octanol–water partition coefficient (Wildman–Crippen LogP) is 1.19. The number of benzene rings is 1. The van der Waals surface area contributed by atoms with Gasteiger partial charge >= 0.3 is 12.1 Å². The monoisotopic (exact) mass is 264 g/mol. The van der Waals surface area contributed by atoms with Crippen LogP contribution in [-0.2, 0) is 21.0 Å². The van der Waals surface area contributed by atoms with E-state index in [0.29, 0.717) is 0 Å². The van der Waals surface area contributed by atoms with Crippen molar-refractivity contribution in [3.8, 4) is 0 Å². The number of nitrogens with two attached hydrogens (primary N) is 1. The standard InChI is InChI=1S/C12H12N2O5/c13-9(11(15)18-19-12(16)17)5-7-6-14-10-4-2-1-3-8(7)10/h1-4,6,9,14H,5,13H2,(H,16,17). The van der Waals surface area contributed by atoms with Gasteiger partial charge in [0.05, 0.1) is 0 Å². The molecule has 0 radical (unpaired) electrons. The van der Waals surface area contributed by atoms with Crippen molar-refractivity contribution >= 4 is 23.0 Å². The summed E-state index contributed by atoms with van der Waals surface area (Å²) in [5.74, 6) is -0.937. The molecule has 0 saturated heterocycles. The molecule has 0 saturated carbocycles. The van der Waals surface area contributed by atoms with Crippen LogP contribution in [0.25, 0.3) is 10.9 Å². The minimum atomic E-state index is -1.70. The van der Waals surface area contributed by atoms with E-state index in [9.17, 15) is 9.59 Å². The first-order valence-electron chi connectivity index (χ1n) is 5.50. The molecule has 0 fully saturated rings. The number of H-pyrrole nitrogens is 1. The van der Waals surface area contributed by atoms with E-state index >= 15 is 0 Å². The highest BCUT2D eigenvalue weighted by Gasteiger charge is 2.20. The third kappa shape index (κ3) is 3.02. The van der Waals surface area contributed by atoms with Gasteiger partial charge in [-0.25, -0.2) is 19.4 Å². The lowest BCUT2D eigenvalue weighted by Crippen LogP contribution is -2.34. The Morgan fingerprint density at radius 3 is 2.79 bits per heavy atom. The Hall–Kier alpha value is -2.54. The maximum Gasteiger partial charge on any atom is 0.547 e. The number of carbonyl (C=O) groups is 2. The van der Waals surface area contributed by atoms with E-state index in [2.05, 4.69) is 14.8 Å². The van der Waals surface area contributed by atoms with Crippen molar-refractivity contribution in [2.24, 2.45) is 5.73 Å². The Morgan fingerprint density at radius 1 is 1.32 bits per heavy atom. The SMILES string of the molecule is NC(Cc1c[nH]c2ccccc12)C(=O)OOC(=O)O. The van der Waals surface area contributed by atoms with Crippen LogP contribution in [0.4, 0.5) is 4.79 Å². The second-order valence-electron chi connectivity index (χ2n) is 3.92. The van der Waals surface area contributed by atoms with Crippen molar-refractivity contribution in [1.29, 1.82) is 0 Å². The van der Waals surface area contributed by atoms with Gasteiger partial charge in [-0.15, -0.1) is 0 Å². The first-order chi connectivity index (χ1) is 9.08. The smallest absolute Gasteiger partial charge is 0.447 e. The van der Waals surface area contributed by atoms with Crippen molar-refractivity contribution in [2.45, 2.75) is 12.5 Å². The van der Waals surface area contributed by atoms with Crippen LogP contribution in [0, 0.1) is 0 Å². The first kappa shape index (κ1) is 12.9. The maximum atomic E-state index is 11.4. The highest BCUT2D eigenvalue weighted by Crippen LogP contribution is 2.18. The number of fused-ring (bicyclic) bond motifs is 1. The zero-order chi connectivity index (χ0) is 13.8. The van der Waals surface area contributed by atoms with Crippen LogP contribution < -0.4 is 5.73 Å². The minimum Gasteiger partial charge on any atom is -0.447 e. The Labute approximate surface area is 107 Å². The number of carboxylic acid groups (broad SMARTS) is 1. The number of nitrogens with one attached hydrogen (secondary N) is 1. The first-order valence-corrected chi connectivity index (χ1v) is 5.50. The molecule has 0 aliphatic heterocycles. The van der Waals surface area contributed by atoms with Crippen molar-refractivity contribution in [3.05, 3.63) is 36.0 Å². The van der Waals surface area contributed by atoms with Gasteiger partial charge in [0.15, 0.2) is 0 Å². The van der Waals surface area contributed by atoms with Crippen LogP contribution in [0.1, 0.15) is 5.56 Å². The van der Waals surface area contributed by atoms with E-state index < -0.39 is 18.2 Å². The summed E-state index contributed by atoms with van der Waals surface area (Å²) in [4.78, 5) is 32.2. The lowest BCUT2D eigenvalue weighted by Gasteiger charge is -2.07. The Balaban J connectivity index is 2.04. The molecule has 4 N–H and O–H groups in total. The van der Waals surface area contributed by atoms with Crippen molar-refractivity contribution in [3.63, 3.8) is 0 Å². The maximum absolute atomic E-state index is 11.4. The van der Waals surface area contributed by atoms with E-state index in [1.54, 1.807) is 6.20 Å². The molecule has 2 aromatic rings. The van der Waals surface area contributed by atoms with Gasteiger partial charge in [0.25, 0.3) is 0 Å². The number of rotatable bonds is 3. The number of aromatic amines is 1. The molecule has 0 aliphatic rings. The molecular formula is C12H12N2O5. The highest BCUT2D eigenvalue weighted by atomic mass is 17.2. The lowest BCUT2D eigenvalue weighted by atomic mass is 10.1. The summed E-state index contributed by atoms with van der Waals surface area (Å²) < 4.78 is 0. The molecule has 0 aliphatic carbocycles.